The van der Waals surface area contributed by atoms with Gasteiger partial charge in [0.05, 0.1) is 29.6 Å². The van der Waals surface area contributed by atoms with E-state index in [4.69, 9.17) is 4.74 Å². The molecule has 0 radical (unpaired) electrons. The Hall–Kier alpha value is -3.79. The van der Waals surface area contributed by atoms with Crippen LogP contribution in [0, 0.1) is 21.3 Å². The molecule has 1 aromatic heterocycles. The molecule has 1 atom stereocenters. The van der Waals surface area contributed by atoms with Gasteiger partial charge in [-0.3, -0.25) is 19.7 Å². The van der Waals surface area contributed by atoms with E-state index < -0.39 is 4.92 Å². The van der Waals surface area contributed by atoms with Gasteiger partial charge in [-0.2, -0.15) is 0 Å². The van der Waals surface area contributed by atoms with E-state index in [1.807, 2.05) is 6.20 Å². The minimum absolute atomic E-state index is 0.00111. The summed E-state index contributed by atoms with van der Waals surface area (Å²) >= 11 is 0. The molecule has 188 valence electrons. The van der Waals surface area contributed by atoms with Gasteiger partial charge in [-0.15, -0.1) is 0 Å². The lowest BCUT2D eigenvalue weighted by atomic mass is 9.81. The number of nitro benzene ring substituents is 1. The van der Waals surface area contributed by atoms with Crippen LogP contribution in [0.1, 0.15) is 24.0 Å². The van der Waals surface area contributed by atoms with Gasteiger partial charge >= 0.3 is 0 Å². The van der Waals surface area contributed by atoms with Gasteiger partial charge in [0.2, 0.25) is 11.8 Å². The van der Waals surface area contributed by atoms with Crippen molar-refractivity contribution in [1.82, 2.24) is 15.2 Å². The van der Waals surface area contributed by atoms with Crippen LogP contribution in [-0.4, -0.2) is 59.0 Å². The molecule has 2 N–H and O–H groups in total. The van der Waals surface area contributed by atoms with Crippen molar-refractivity contribution in [2.24, 2.45) is 5.41 Å². The maximum absolute atomic E-state index is 13.7. The standard InChI is InChI=1S/C26H27FN4O5/c27-19-6-7-22-21(11-19)18(12-28-22)5-9-25(33)30-13-23(26(14-30)15-36-16-26)29-24(32)8-4-17-2-1-3-20(10-17)31(34)35/h1-3,6-7,10-12,23,28H,4-5,8-9,13-16H2,(H,29,32). The minimum Gasteiger partial charge on any atom is -0.380 e. The van der Waals surface area contributed by atoms with E-state index >= 15 is 0 Å². The molecule has 1 spiro atoms. The number of likely N-dealkylation sites (tertiary alicyclic amines) is 1. The van der Waals surface area contributed by atoms with Crippen molar-refractivity contribution in [3.63, 3.8) is 0 Å². The molecule has 36 heavy (non-hydrogen) atoms. The van der Waals surface area contributed by atoms with E-state index in [2.05, 4.69) is 10.3 Å². The zero-order valence-corrected chi connectivity index (χ0v) is 19.7. The number of nitrogens with one attached hydrogen (secondary N) is 2. The van der Waals surface area contributed by atoms with E-state index in [1.54, 1.807) is 23.1 Å². The van der Waals surface area contributed by atoms with E-state index in [-0.39, 0.29) is 47.6 Å². The van der Waals surface area contributed by atoms with Gasteiger partial charge in [-0.05, 0) is 42.2 Å². The smallest absolute Gasteiger partial charge is 0.269 e. The van der Waals surface area contributed by atoms with Crippen molar-refractivity contribution in [2.75, 3.05) is 26.3 Å². The number of aromatic amines is 1. The first-order valence-electron chi connectivity index (χ1n) is 12.0. The lowest BCUT2D eigenvalue weighted by Gasteiger charge is -2.42. The van der Waals surface area contributed by atoms with E-state index in [1.165, 1.54) is 24.3 Å². The van der Waals surface area contributed by atoms with Crippen LogP contribution in [0.15, 0.2) is 48.7 Å². The zero-order chi connectivity index (χ0) is 25.3. The highest BCUT2D eigenvalue weighted by atomic mass is 19.1. The molecule has 2 aliphatic heterocycles. The highest BCUT2D eigenvalue weighted by Gasteiger charge is 2.53. The van der Waals surface area contributed by atoms with Crippen LogP contribution < -0.4 is 5.32 Å². The molecule has 1 unspecified atom stereocenters. The number of fused-ring (bicyclic) bond motifs is 1. The predicted octanol–water partition coefficient (Wildman–Crippen LogP) is 3.12. The van der Waals surface area contributed by atoms with Crippen molar-refractivity contribution >= 4 is 28.4 Å². The first-order chi connectivity index (χ1) is 17.3. The second-order valence-electron chi connectivity index (χ2n) is 9.68. The Labute approximate surface area is 206 Å². The Morgan fingerprint density at radius 1 is 1.19 bits per heavy atom. The molecule has 2 aromatic carbocycles. The third kappa shape index (κ3) is 4.81. The quantitative estimate of drug-likeness (QED) is 0.369. The van der Waals surface area contributed by atoms with Gasteiger partial charge < -0.3 is 19.9 Å². The Kier molecular flexibility index (Phi) is 6.44. The average molecular weight is 495 g/mol. The molecule has 3 aromatic rings. The minimum atomic E-state index is -0.454. The molecular weight excluding hydrogens is 467 g/mol. The number of aromatic nitrogens is 1. The maximum atomic E-state index is 13.7. The molecule has 2 fully saturated rings. The maximum Gasteiger partial charge on any atom is 0.269 e. The molecule has 0 bridgehead atoms. The number of rotatable bonds is 8. The van der Waals surface area contributed by atoms with E-state index in [9.17, 15) is 24.1 Å². The number of halogens is 1. The van der Waals surface area contributed by atoms with Crippen LogP contribution in [0.25, 0.3) is 10.9 Å². The summed E-state index contributed by atoms with van der Waals surface area (Å²) in [5, 5.41) is 14.8. The first kappa shape index (κ1) is 23.9. The molecule has 10 heteroatoms. The van der Waals surface area contributed by atoms with Gasteiger partial charge in [-0.1, -0.05) is 12.1 Å². The van der Waals surface area contributed by atoms with Gasteiger partial charge in [0.15, 0.2) is 0 Å². The number of carbonyl (C=O) groups is 2. The second kappa shape index (κ2) is 9.69. The Bertz CT molecular complexity index is 1320. The number of ether oxygens (including phenoxy) is 1. The number of nitrogens with zero attached hydrogens (tertiary/aromatic N) is 2. The van der Waals surface area contributed by atoms with Crippen LogP contribution >= 0.6 is 0 Å². The fraction of sp³-hybridized carbons (Fsp3) is 0.385. The third-order valence-electron chi connectivity index (χ3n) is 7.21. The average Bonchev–Trinajstić information content (AvgIpc) is 3.42. The van der Waals surface area contributed by atoms with Crippen molar-refractivity contribution in [2.45, 2.75) is 31.7 Å². The molecule has 5 rings (SSSR count). The van der Waals surface area contributed by atoms with Crippen LogP contribution in [0.3, 0.4) is 0 Å². The van der Waals surface area contributed by atoms with Gasteiger partial charge in [0.25, 0.3) is 5.69 Å². The number of carbonyl (C=O) groups excluding carboxylic acids is 2. The normalized spacial score (nSPS) is 18.4. The molecule has 0 aliphatic carbocycles. The fourth-order valence-corrected chi connectivity index (χ4v) is 5.12. The van der Waals surface area contributed by atoms with Crippen LogP contribution in [0.2, 0.25) is 0 Å². The Morgan fingerprint density at radius 2 is 2.03 bits per heavy atom. The van der Waals surface area contributed by atoms with Crippen LogP contribution in [0.5, 0.6) is 0 Å². The van der Waals surface area contributed by atoms with E-state index in [0.717, 1.165) is 22.0 Å². The molecule has 9 nitrogen and oxygen atoms in total. The summed E-state index contributed by atoms with van der Waals surface area (Å²) in [6.45, 7) is 1.89. The van der Waals surface area contributed by atoms with Gasteiger partial charge in [0, 0.05) is 55.2 Å². The fourth-order valence-electron chi connectivity index (χ4n) is 5.12. The topological polar surface area (TPSA) is 118 Å². The molecular formula is C26H27FN4O5. The number of hydrogen-bond acceptors (Lipinski definition) is 5. The van der Waals surface area contributed by atoms with Crippen molar-refractivity contribution in [3.05, 3.63) is 75.7 Å². The number of amides is 2. The summed E-state index contributed by atoms with van der Waals surface area (Å²) in [7, 11) is 0. The highest BCUT2D eigenvalue weighted by Crippen LogP contribution is 2.38. The summed E-state index contributed by atoms with van der Waals surface area (Å²) in [5.74, 6) is -0.488. The van der Waals surface area contributed by atoms with E-state index in [0.29, 0.717) is 39.1 Å². The molecule has 2 amide bonds. The summed E-state index contributed by atoms with van der Waals surface area (Å²) in [6.07, 6.45) is 3.17. The van der Waals surface area contributed by atoms with Gasteiger partial charge in [0.1, 0.15) is 5.82 Å². The summed E-state index contributed by atoms with van der Waals surface area (Å²) in [5.41, 5.74) is 2.16. The van der Waals surface area contributed by atoms with Crippen molar-refractivity contribution < 1.29 is 23.6 Å². The number of aryl methyl sites for hydroxylation is 2. The molecule has 2 saturated heterocycles. The predicted molar refractivity (Wildman–Crippen MR) is 130 cm³/mol. The van der Waals surface area contributed by atoms with Gasteiger partial charge in [-0.25, -0.2) is 4.39 Å². The lowest BCUT2D eigenvalue weighted by Crippen LogP contribution is -2.57. The zero-order valence-electron chi connectivity index (χ0n) is 19.7. The molecule has 0 saturated carbocycles. The monoisotopic (exact) mass is 494 g/mol. The first-order valence-corrected chi connectivity index (χ1v) is 12.0. The van der Waals surface area contributed by atoms with Crippen LogP contribution in [-0.2, 0) is 27.2 Å². The summed E-state index contributed by atoms with van der Waals surface area (Å²) < 4.78 is 19.1. The Balaban J connectivity index is 1.17. The summed E-state index contributed by atoms with van der Waals surface area (Å²) in [6, 6.07) is 10.6. The van der Waals surface area contributed by atoms with Crippen molar-refractivity contribution in [3.8, 4) is 0 Å². The number of nitro groups is 1. The third-order valence-corrected chi connectivity index (χ3v) is 7.21. The van der Waals surface area contributed by atoms with Crippen molar-refractivity contribution in [1.29, 1.82) is 0 Å². The SMILES string of the molecule is O=C(CCc1cccc([N+](=O)[O-])c1)NC1CN(C(=O)CCc2c[nH]c3ccc(F)cc23)CC12COC2. The second-order valence-corrected chi connectivity index (χ2v) is 9.68. The molecule has 2 aliphatic rings. The Morgan fingerprint density at radius 3 is 2.78 bits per heavy atom. The number of benzene rings is 2. The molecule has 3 heterocycles. The number of non-ortho nitro benzene ring substituents is 1. The number of H-pyrrole nitrogens is 1. The summed E-state index contributed by atoms with van der Waals surface area (Å²) in [4.78, 5) is 41.1. The number of hydrogen-bond donors (Lipinski definition) is 2. The largest absolute Gasteiger partial charge is 0.380 e. The van der Waals surface area contributed by atoms with Crippen LogP contribution in [0.4, 0.5) is 10.1 Å². The highest BCUT2D eigenvalue weighted by molar-refractivity contribution is 5.84. The lowest BCUT2D eigenvalue weighted by molar-refractivity contribution is -0.384.